The molecule has 8 unspecified atom stereocenters. The fourth-order valence-corrected chi connectivity index (χ4v) is 183. The van der Waals surface area contributed by atoms with E-state index in [2.05, 4.69) is 5.57 Å². The van der Waals surface area contributed by atoms with Crippen molar-refractivity contribution in [1.29, 1.82) is 0 Å². The molecule has 20 heterocycles. The molecule has 20 aliphatic rings. The molecule has 0 aromatic rings. The first-order valence-corrected chi connectivity index (χ1v) is 23.9. The van der Waals surface area contributed by atoms with Crippen LogP contribution in [-0.4, -0.2) is 0 Å². The summed E-state index contributed by atoms with van der Waals surface area (Å²) < 4.78 is 2.22. The molecule has 8 atom stereocenters. The van der Waals surface area contributed by atoms with E-state index in [1.807, 2.05) is 0 Å². The number of allylic oxidation sites excluding steroid dienone is 1. The minimum atomic E-state index is -2.93. The van der Waals surface area contributed by atoms with E-state index >= 15 is 0 Å². The molecule has 20 rings (SSSR count). The van der Waals surface area contributed by atoms with E-state index in [0.29, 0.717) is 0 Å². The van der Waals surface area contributed by atoms with Crippen molar-refractivity contribution in [2.24, 2.45) is 0 Å². The zero-order chi connectivity index (χ0) is 13.6. The standard InChI is InChI=1S/C12H10.2C5H5.2Fe/c1-10(11-6-2-3-7-11)12-8-4-5-9-12;2*1-2-4-5-3-1;;/h2-9H,1H2;2*1-5H;;. The van der Waals surface area contributed by atoms with Crippen LogP contribution in [0.3, 0.4) is 0 Å². The van der Waals surface area contributed by atoms with Gasteiger partial charge in [0, 0.05) is 0 Å². The van der Waals surface area contributed by atoms with Crippen molar-refractivity contribution in [3.63, 3.8) is 0 Å². The van der Waals surface area contributed by atoms with Crippen molar-refractivity contribution in [2.75, 3.05) is 0 Å². The van der Waals surface area contributed by atoms with Crippen LogP contribution in [0.1, 0.15) is 0 Å². The summed E-state index contributed by atoms with van der Waals surface area (Å²) in [6.07, 6.45) is 0. The van der Waals surface area contributed by atoms with E-state index in [0.717, 1.165) is 8.63 Å². The monoisotopic (exact) mass is 396 g/mol. The molecule has 20 fully saturated rings. The van der Waals surface area contributed by atoms with E-state index < -0.39 is 13.0 Å². The van der Waals surface area contributed by atoms with Crippen molar-refractivity contribution in [3.8, 4) is 0 Å². The van der Waals surface area contributed by atoms with Crippen molar-refractivity contribution in [2.45, 2.75) is 95.3 Å². The second-order valence-electron chi connectivity index (χ2n) is 19.8. The van der Waals surface area contributed by atoms with Gasteiger partial charge in [-0.05, 0) is 0 Å². The summed E-state index contributed by atoms with van der Waals surface area (Å²) in [5.74, 6) is 0. The van der Waals surface area contributed by atoms with Gasteiger partial charge in [-0.15, -0.1) is 0 Å². The summed E-state index contributed by atoms with van der Waals surface area (Å²) in [4.78, 5) is 27.7. The summed E-state index contributed by atoms with van der Waals surface area (Å²) in [7, 11) is 0. The maximum absolute atomic E-state index is 5.41. The average molecular weight is 396 g/mol. The van der Waals surface area contributed by atoms with Crippen LogP contribution in [0.2, 0.25) is 95.3 Å². The van der Waals surface area contributed by atoms with Crippen LogP contribution in [0, 0.1) is 0 Å². The molecule has 0 aromatic heterocycles. The first-order valence-electron chi connectivity index (χ1n) is 11.4. The maximum atomic E-state index is 5.41. The average Bonchev–Trinajstić information content (AvgIpc) is 3.48. The number of fused-ring (bicyclic) bond motifs is 20. The van der Waals surface area contributed by atoms with Crippen molar-refractivity contribution < 1.29 is 13.0 Å². The molecule has 24 heavy (non-hydrogen) atoms. The summed E-state index contributed by atoms with van der Waals surface area (Å²) in [5.41, 5.74) is 2.29. The number of hydrogen-bond acceptors (Lipinski definition) is 0. The van der Waals surface area contributed by atoms with Gasteiger partial charge in [-0.3, -0.25) is 0 Å². The number of hydrogen-bond donors (Lipinski definition) is 0. The molecule has 2 spiro atoms. The Bertz CT molecular complexity index is 1750. The normalized spacial score (nSPS) is 164. The minimum absolute atomic E-state index is 1.11. The Kier molecular flexibility index (Phi) is 0.147. The van der Waals surface area contributed by atoms with Gasteiger partial charge >= 0.3 is 120 Å². The Balaban J connectivity index is 1.20. The Morgan fingerprint density at radius 3 is 0.833 bits per heavy atom. The molecule has 20 saturated heterocycles. The van der Waals surface area contributed by atoms with Crippen LogP contribution in [0.5, 0.6) is 0 Å². The third kappa shape index (κ3) is 0.0561. The summed E-state index contributed by atoms with van der Waals surface area (Å²) in [6, 6.07) is 0. The van der Waals surface area contributed by atoms with E-state index in [1.54, 1.807) is 67.4 Å². The van der Waals surface area contributed by atoms with Gasteiger partial charge in [0.05, 0.1) is 0 Å². The first kappa shape index (κ1) is 7.31. The van der Waals surface area contributed by atoms with Crippen molar-refractivity contribution >= 4 is 0 Å². The molecule has 2 heteroatoms. The van der Waals surface area contributed by atoms with E-state index in [-0.39, 0.29) is 0 Å². The van der Waals surface area contributed by atoms with Crippen molar-refractivity contribution in [1.82, 2.24) is 0 Å². The molecule has 0 radical (unpaired) electrons. The quantitative estimate of drug-likeness (QED) is 0.346. The first-order chi connectivity index (χ1) is 11.2. The third-order valence-corrected chi connectivity index (χ3v) is 115. The van der Waals surface area contributed by atoms with Crippen molar-refractivity contribution in [3.05, 3.63) is 12.2 Å². The number of rotatable bonds is 2. The zero-order valence-electron chi connectivity index (χ0n) is 13.3. The van der Waals surface area contributed by atoms with Crippen LogP contribution < -0.4 is 0 Å². The summed E-state index contributed by atoms with van der Waals surface area (Å²) in [5, 5.41) is 0. The van der Waals surface area contributed by atoms with Crippen LogP contribution in [0.4, 0.5) is 0 Å². The molecule has 0 aliphatic carbocycles. The van der Waals surface area contributed by atoms with E-state index in [1.165, 1.54) is 19.3 Å². The van der Waals surface area contributed by atoms with Crippen LogP contribution >= 0.6 is 0 Å². The second-order valence-corrected chi connectivity index (χ2v) is 67.0. The Labute approximate surface area is 120 Å². The van der Waals surface area contributed by atoms with Gasteiger partial charge in [0.1, 0.15) is 0 Å². The van der Waals surface area contributed by atoms with E-state index in [9.17, 15) is 0 Å². The molecule has 0 bridgehead atoms. The van der Waals surface area contributed by atoms with Gasteiger partial charge in [0.25, 0.3) is 0 Å². The van der Waals surface area contributed by atoms with Gasteiger partial charge in [-0.25, -0.2) is 0 Å². The summed E-state index contributed by atoms with van der Waals surface area (Å²) in [6.45, 7) is -0.442. The molecule has 20 aliphatic heterocycles. The van der Waals surface area contributed by atoms with Gasteiger partial charge < -0.3 is 0 Å². The van der Waals surface area contributed by atoms with Crippen LogP contribution in [-0.2, 0) is 13.0 Å². The van der Waals surface area contributed by atoms with Gasteiger partial charge in [-0.1, -0.05) is 0 Å². The van der Waals surface area contributed by atoms with Gasteiger partial charge in [-0.2, -0.15) is 0 Å². The third-order valence-electron chi connectivity index (χ3n) is 30.3. The SMILES string of the molecule is C=C([C]12[CH]3[CH]4[CH]5[CH]1[Fe]45321678[CH]2[CH]1[CH]6[CH]7[CH]28)[C]12[CH]3[CH]4[CH]5[CH]1[Fe]45321678[CH]2[CH]1[CH]6[CH]7[CH]28. The molecular formula is C22H20Fe2. The predicted octanol–water partition coefficient (Wildman–Crippen LogP) is 7.06. The molecule has 0 saturated carbocycles. The second kappa shape index (κ2) is 0.483. The fourth-order valence-electron chi connectivity index (χ4n) is 34.3. The van der Waals surface area contributed by atoms with Crippen LogP contribution in [0.25, 0.3) is 0 Å². The summed E-state index contributed by atoms with van der Waals surface area (Å²) >= 11 is 0. The molecule has 0 N–H and O–H groups in total. The topological polar surface area (TPSA) is 0 Å². The Morgan fingerprint density at radius 1 is 0.458 bits per heavy atom. The fraction of sp³-hybridized carbons (Fsp3) is 0.909. The molecule has 0 nitrogen and oxygen atoms in total. The van der Waals surface area contributed by atoms with Gasteiger partial charge in [0.2, 0.25) is 0 Å². The molecule has 124 valence electrons. The molecule has 0 aromatic carbocycles. The predicted molar refractivity (Wildman–Crippen MR) is 82.0 cm³/mol. The molecular weight excluding hydrogens is 376 g/mol. The van der Waals surface area contributed by atoms with E-state index in [4.69, 9.17) is 6.58 Å². The van der Waals surface area contributed by atoms with Crippen LogP contribution in [0.15, 0.2) is 12.2 Å². The van der Waals surface area contributed by atoms with Gasteiger partial charge in [0.15, 0.2) is 0 Å². The Morgan fingerprint density at radius 2 is 0.708 bits per heavy atom. The molecule has 0 amide bonds. The Hall–Kier alpha value is 0.779. The zero-order valence-corrected chi connectivity index (χ0v) is 15.5.